The van der Waals surface area contributed by atoms with Gasteiger partial charge >= 0.3 is 0 Å². The zero-order valence-corrected chi connectivity index (χ0v) is 49.0. The molecule has 0 aliphatic carbocycles. The van der Waals surface area contributed by atoms with Gasteiger partial charge in [-0.1, -0.05) is 276 Å². The van der Waals surface area contributed by atoms with Crippen LogP contribution in [0.1, 0.15) is 67.3 Å². The highest BCUT2D eigenvalue weighted by molar-refractivity contribution is 7.00. The zero-order chi connectivity index (χ0) is 57.2. The first-order chi connectivity index (χ1) is 41.1. The Morgan fingerprint density at radius 2 is 0.690 bits per heavy atom. The summed E-state index contributed by atoms with van der Waals surface area (Å²) in [5.41, 5.74) is 33.9. The average Bonchev–Trinajstić information content (AvgIpc) is 1.19. The van der Waals surface area contributed by atoms with E-state index in [1.165, 1.54) is 77.8 Å². The fourth-order valence-corrected chi connectivity index (χ4v) is 13.9. The van der Waals surface area contributed by atoms with Gasteiger partial charge in [0.05, 0.1) is 11.4 Å². The Balaban J connectivity index is 1.17. The van der Waals surface area contributed by atoms with Crippen molar-refractivity contribution >= 4 is 57.2 Å². The molecule has 0 atom stereocenters. The number of nitrogens with zero attached hydrogens (tertiary/aromatic N) is 2. The maximum Gasteiger partial charge on any atom is 0.252 e. The molecule has 0 spiro atoms. The molecule has 0 radical (unpaired) electrons. The molecule has 0 fully saturated rings. The number of aryl methyl sites for hydroxylation is 3. The maximum atomic E-state index is 2.68. The minimum atomic E-state index is -0.151. The normalized spacial score (nSPS) is 12.4. The molecule has 404 valence electrons. The van der Waals surface area contributed by atoms with Crippen LogP contribution in [0.5, 0.6) is 0 Å². The van der Waals surface area contributed by atoms with Crippen molar-refractivity contribution in [2.75, 3.05) is 9.80 Å². The lowest BCUT2D eigenvalue weighted by Gasteiger charge is -2.46. The molecule has 0 aromatic heterocycles. The Kier molecular flexibility index (Phi) is 13.4. The summed E-state index contributed by atoms with van der Waals surface area (Å²) in [6.07, 6.45) is 0. The second-order valence-corrected chi connectivity index (χ2v) is 23.7. The van der Waals surface area contributed by atoms with Crippen LogP contribution in [0, 0.1) is 20.8 Å². The summed E-state index contributed by atoms with van der Waals surface area (Å²) in [4.78, 5) is 5.36. The Labute approximate surface area is 497 Å². The molecule has 12 aromatic carbocycles. The monoisotopic (exact) mass is 1080 g/mol. The highest BCUT2D eigenvalue weighted by atomic mass is 15.2. The van der Waals surface area contributed by atoms with Crippen LogP contribution < -0.4 is 26.2 Å². The molecule has 0 unspecified atom stereocenters. The van der Waals surface area contributed by atoms with Gasteiger partial charge in [-0.25, -0.2) is 0 Å². The SMILES string of the molecule is Cc1cc(C)c(-c2ccc3c(c2)N(c2c(-c4ccccc4)cccc2-c2ccccc2)c2cc(-c4ccccc4)cc4c2B3c2ccc(-c3ccc(C(C)C)cc3C(C)C)cc2N4c2c(-c3ccccc3)cccc2-c2ccccc2)c(C)c1. The van der Waals surface area contributed by atoms with Gasteiger partial charge in [0, 0.05) is 45.0 Å². The topological polar surface area (TPSA) is 6.48 Å². The standard InChI is InChI=1S/C81H67BN2/c1-52(2)62-39-42-66(71(47-62)53(3)4)63-40-43-72-74(48-63)83(80-67(58-27-15-9-16-28-58)35-23-36-68(80)59-29-17-10-18-30-59)76-50-65(57-25-13-8-14-26-57)51-77-79(76)82(72)73-44-41-64(78-55(6)45-54(5)46-56(78)7)49-75(73)84(77)81-69(60-31-19-11-20-32-60)37-24-38-70(81)61-33-21-12-22-34-61/h8-53H,1-7H3. The van der Waals surface area contributed by atoms with E-state index in [-0.39, 0.29) is 6.71 Å². The molecule has 2 nitrogen and oxygen atoms in total. The number of para-hydroxylation sites is 2. The third kappa shape index (κ3) is 9.07. The highest BCUT2D eigenvalue weighted by Crippen LogP contribution is 2.54. The Morgan fingerprint density at radius 3 is 1.11 bits per heavy atom. The molecule has 84 heavy (non-hydrogen) atoms. The molecule has 2 heterocycles. The third-order valence-electron chi connectivity index (χ3n) is 17.7. The average molecular weight is 1080 g/mol. The molecule has 12 aromatic rings. The van der Waals surface area contributed by atoms with E-state index < -0.39 is 0 Å². The molecule has 0 saturated carbocycles. The summed E-state index contributed by atoms with van der Waals surface area (Å²) in [7, 11) is 0. The molecule has 3 heteroatoms. The Bertz CT molecular complexity index is 4310. The van der Waals surface area contributed by atoms with Crippen LogP contribution in [0.2, 0.25) is 0 Å². The molecular weight excluding hydrogens is 1010 g/mol. The summed E-state index contributed by atoms with van der Waals surface area (Å²) in [6, 6.07) is 101. The van der Waals surface area contributed by atoms with E-state index in [9.17, 15) is 0 Å². The van der Waals surface area contributed by atoms with Crippen molar-refractivity contribution < 1.29 is 0 Å². The van der Waals surface area contributed by atoms with E-state index in [0.29, 0.717) is 11.8 Å². The van der Waals surface area contributed by atoms with Crippen molar-refractivity contribution in [2.45, 2.75) is 60.3 Å². The van der Waals surface area contributed by atoms with Crippen LogP contribution in [0.15, 0.2) is 267 Å². The zero-order valence-electron chi connectivity index (χ0n) is 49.0. The lowest BCUT2D eigenvalue weighted by molar-refractivity contribution is 0.835. The number of anilines is 6. The molecular formula is C81H67BN2. The third-order valence-corrected chi connectivity index (χ3v) is 17.7. The molecule has 0 amide bonds. The van der Waals surface area contributed by atoms with Crippen LogP contribution >= 0.6 is 0 Å². The van der Waals surface area contributed by atoms with Crippen molar-refractivity contribution in [3.63, 3.8) is 0 Å². The van der Waals surface area contributed by atoms with E-state index in [4.69, 9.17) is 0 Å². The van der Waals surface area contributed by atoms with Crippen LogP contribution in [0.3, 0.4) is 0 Å². The minimum absolute atomic E-state index is 0.151. The summed E-state index contributed by atoms with van der Waals surface area (Å²) >= 11 is 0. The van der Waals surface area contributed by atoms with E-state index >= 15 is 0 Å². The summed E-state index contributed by atoms with van der Waals surface area (Å²) in [5, 5.41) is 0. The lowest BCUT2D eigenvalue weighted by Crippen LogP contribution is -2.61. The first-order valence-electron chi connectivity index (χ1n) is 29.9. The quantitative estimate of drug-likeness (QED) is 0.119. The van der Waals surface area contributed by atoms with E-state index in [2.05, 4.69) is 325 Å². The van der Waals surface area contributed by atoms with Gasteiger partial charge in [0.25, 0.3) is 6.71 Å². The first kappa shape index (κ1) is 52.4. The summed E-state index contributed by atoms with van der Waals surface area (Å²) < 4.78 is 0. The number of fused-ring (bicyclic) bond motifs is 4. The van der Waals surface area contributed by atoms with Gasteiger partial charge in [0.2, 0.25) is 0 Å². The van der Waals surface area contributed by atoms with Crippen molar-refractivity contribution in [3.8, 4) is 77.9 Å². The van der Waals surface area contributed by atoms with Crippen molar-refractivity contribution in [3.05, 3.63) is 295 Å². The Morgan fingerprint density at radius 1 is 0.298 bits per heavy atom. The van der Waals surface area contributed by atoms with E-state index in [1.807, 2.05) is 0 Å². The second kappa shape index (κ2) is 21.6. The molecule has 0 saturated heterocycles. The minimum Gasteiger partial charge on any atom is -0.310 e. The number of hydrogen-bond donors (Lipinski definition) is 0. The van der Waals surface area contributed by atoms with Gasteiger partial charge < -0.3 is 9.80 Å². The lowest BCUT2D eigenvalue weighted by atomic mass is 9.33. The molecule has 2 aliphatic heterocycles. The van der Waals surface area contributed by atoms with E-state index in [1.54, 1.807) is 0 Å². The summed E-state index contributed by atoms with van der Waals surface area (Å²) in [5.74, 6) is 0.733. The van der Waals surface area contributed by atoms with Crippen LogP contribution in [-0.2, 0) is 0 Å². The molecule has 0 N–H and O–H groups in total. The molecule has 0 bridgehead atoms. The highest BCUT2D eigenvalue weighted by Gasteiger charge is 2.45. The number of benzene rings is 12. The fraction of sp³-hybridized carbons (Fsp3) is 0.111. The van der Waals surface area contributed by atoms with Crippen LogP contribution in [0.25, 0.3) is 77.9 Å². The van der Waals surface area contributed by atoms with Gasteiger partial charge in [-0.3, -0.25) is 0 Å². The fourth-order valence-electron chi connectivity index (χ4n) is 13.9. The summed E-state index contributed by atoms with van der Waals surface area (Å²) in [6.45, 7) is 15.9. The first-order valence-corrected chi connectivity index (χ1v) is 29.9. The number of hydrogen-bond acceptors (Lipinski definition) is 2. The van der Waals surface area contributed by atoms with E-state index in [0.717, 1.165) is 78.4 Å². The van der Waals surface area contributed by atoms with Gasteiger partial charge in [0.15, 0.2) is 0 Å². The van der Waals surface area contributed by atoms with Crippen LogP contribution in [-0.4, -0.2) is 6.71 Å². The van der Waals surface area contributed by atoms with Crippen molar-refractivity contribution in [1.82, 2.24) is 0 Å². The Hall–Kier alpha value is -9.70. The largest absolute Gasteiger partial charge is 0.310 e. The predicted octanol–water partition coefficient (Wildman–Crippen LogP) is 20.6. The molecule has 2 aliphatic rings. The van der Waals surface area contributed by atoms with Crippen molar-refractivity contribution in [2.24, 2.45) is 0 Å². The van der Waals surface area contributed by atoms with Gasteiger partial charge in [-0.05, 0) is 151 Å². The smallest absolute Gasteiger partial charge is 0.252 e. The van der Waals surface area contributed by atoms with Gasteiger partial charge in [0.1, 0.15) is 0 Å². The van der Waals surface area contributed by atoms with Crippen molar-refractivity contribution in [1.29, 1.82) is 0 Å². The predicted molar refractivity (Wildman–Crippen MR) is 361 cm³/mol. The number of rotatable bonds is 11. The van der Waals surface area contributed by atoms with Gasteiger partial charge in [-0.2, -0.15) is 0 Å². The molecule has 14 rings (SSSR count). The van der Waals surface area contributed by atoms with Gasteiger partial charge in [-0.15, -0.1) is 0 Å². The second-order valence-electron chi connectivity index (χ2n) is 23.7. The maximum absolute atomic E-state index is 2.68. The van der Waals surface area contributed by atoms with Crippen LogP contribution in [0.4, 0.5) is 34.1 Å².